The maximum absolute atomic E-state index is 13.7. The van der Waals surface area contributed by atoms with Crippen molar-refractivity contribution in [1.29, 1.82) is 0 Å². The summed E-state index contributed by atoms with van der Waals surface area (Å²) in [5, 5.41) is 2.58. The monoisotopic (exact) mass is 330 g/mol. The molecule has 2 aromatic rings. The van der Waals surface area contributed by atoms with E-state index in [1.165, 1.54) is 11.6 Å². The van der Waals surface area contributed by atoms with Crippen molar-refractivity contribution in [2.75, 3.05) is 18.4 Å². The molecule has 5 heteroatoms. The molecule has 1 amide bonds. The fourth-order valence-corrected chi connectivity index (χ4v) is 3.08. The van der Waals surface area contributed by atoms with Gasteiger partial charge in [-0.25, -0.2) is 8.78 Å². The van der Waals surface area contributed by atoms with Crippen LogP contribution in [0, 0.1) is 17.6 Å². The Morgan fingerprint density at radius 3 is 2.71 bits per heavy atom. The van der Waals surface area contributed by atoms with Gasteiger partial charge >= 0.3 is 0 Å². The van der Waals surface area contributed by atoms with Crippen LogP contribution in [0.3, 0.4) is 0 Å². The Bertz CT molecular complexity index is 706. The number of hydrogen-bond acceptors (Lipinski definition) is 2. The smallest absolute Gasteiger partial charge is 0.228 e. The van der Waals surface area contributed by atoms with Gasteiger partial charge in [0.15, 0.2) is 0 Å². The van der Waals surface area contributed by atoms with Crippen molar-refractivity contribution in [3.05, 3.63) is 65.7 Å². The Kier molecular flexibility index (Phi) is 5.20. The van der Waals surface area contributed by atoms with Gasteiger partial charge in [-0.1, -0.05) is 30.3 Å². The number of piperidine rings is 1. The molecule has 1 aliphatic heterocycles. The number of likely N-dealkylation sites (tertiary alicyclic amines) is 1. The van der Waals surface area contributed by atoms with Gasteiger partial charge in [-0.15, -0.1) is 0 Å². The number of halogens is 2. The van der Waals surface area contributed by atoms with E-state index in [-0.39, 0.29) is 17.5 Å². The first kappa shape index (κ1) is 16.6. The highest BCUT2D eigenvalue weighted by molar-refractivity contribution is 5.92. The van der Waals surface area contributed by atoms with Gasteiger partial charge in [0.05, 0.1) is 11.6 Å². The Labute approximate surface area is 140 Å². The van der Waals surface area contributed by atoms with Gasteiger partial charge in [-0.3, -0.25) is 9.69 Å². The molecule has 0 spiro atoms. The number of amides is 1. The van der Waals surface area contributed by atoms with Crippen LogP contribution in [-0.4, -0.2) is 23.9 Å². The summed E-state index contributed by atoms with van der Waals surface area (Å²) < 4.78 is 26.6. The zero-order chi connectivity index (χ0) is 16.9. The third-order valence-corrected chi connectivity index (χ3v) is 4.31. The number of hydrogen-bond donors (Lipinski definition) is 1. The SMILES string of the molecule is O=C(Nc1ccc(F)cc1F)C1CCCN(Cc2ccccc2)C1. The van der Waals surface area contributed by atoms with E-state index >= 15 is 0 Å². The van der Waals surface area contributed by atoms with Crippen LogP contribution in [0.5, 0.6) is 0 Å². The lowest BCUT2D eigenvalue weighted by molar-refractivity contribution is -0.121. The highest BCUT2D eigenvalue weighted by Gasteiger charge is 2.26. The van der Waals surface area contributed by atoms with Crippen molar-refractivity contribution in [3.8, 4) is 0 Å². The molecule has 1 fully saturated rings. The third kappa shape index (κ3) is 4.17. The van der Waals surface area contributed by atoms with Crippen molar-refractivity contribution in [2.45, 2.75) is 19.4 Å². The minimum Gasteiger partial charge on any atom is -0.323 e. The van der Waals surface area contributed by atoms with Crippen LogP contribution >= 0.6 is 0 Å². The molecule has 24 heavy (non-hydrogen) atoms. The average Bonchev–Trinajstić information content (AvgIpc) is 2.58. The van der Waals surface area contributed by atoms with Crippen LogP contribution in [0.25, 0.3) is 0 Å². The number of rotatable bonds is 4. The number of carbonyl (C=O) groups excluding carboxylic acids is 1. The van der Waals surface area contributed by atoms with Crippen molar-refractivity contribution in [3.63, 3.8) is 0 Å². The van der Waals surface area contributed by atoms with Gasteiger partial charge in [-0.05, 0) is 37.1 Å². The molecular formula is C19H20F2N2O. The predicted octanol–water partition coefficient (Wildman–Crippen LogP) is 3.82. The zero-order valence-corrected chi connectivity index (χ0v) is 13.3. The fraction of sp³-hybridized carbons (Fsp3) is 0.316. The van der Waals surface area contributed by atoms with Crippen LogP contribution in [0.1, 0.15) is 18.4 Å². The molecule has 0 aliphatic carbocycles. The van der Waals surface area contributed by atoms with Crippen molar-refractivity contribution in [1.82, 2.24) is 4.90 Å². The van der Waals surface area contributed by atoms with E-state index in [0.717, 1.165) is 38.1 Å². The molecule has 0 radical (unpaired) electrons. The van der Waals surface area contributed by atoms with Crippen LogP contribution in [0.2, 0.25) is 0 Å². The summed E-state index contributed by atoms with van der Waals surface area (Å²) in [6, 6.07) is 13.3. The Morgan fingerprint density at radius 2 is 1.96 bits per heavy atom. The maximum Gasteiger partial charge on any atom is 0.228 e. The molecule has 1 aliphatic rings. The lowest BCUT2D eigenvalue weighted by atomic mass is 9.96. The Hall–Kier alpha value is -2.27. The Balaban J connectivity index is 1.60. The minimum absolute atomic E-state index is 0.0292. The Morgan fingerprint density at radius 1 is 1.17 bits per heavy atom. The van der Waals surface area contributed by atoms with Gasteiger partial charge in [-0.2, -0.15) is 0 Å². The first-order chi connectivity index (χ1) is 11.6. The molecule has 1 heterocycles. The van der Waals surface area contributed by atoms with E-state index in [0.29, 0.717) is 6.54 Å². The number of nitrogens with zero attached hydrogens (tertiary/aromatic N) is 1. The van der Waals surface area contributed by atoms with Crippen molar-refractivity contribution >= 4 is 11.6 Å². The molecule has 0 aromatic heterocycles. The van der Waals surface area contributed by atoms with Crippen LogP contribution < -0.4 is 5.32 Å². The molecule has 1 N–H and O–H groups in total. The highest BCUT2D eigenvalue weighted by atomic mass is 19.1. The second-order valence-electron chi connectivity index (χ2n) is 6.17. The van der Waals surface area contributed by atoms with Crippen molar-refractivity contribution < 1.29 is 13.6 Å². The number of anilines is 1. The molecule has 3 nitrogen and oxygen atoms in total. The van der Waals surface area contributed by atoms with Gasteiger partial charge in [0.25, 0.3) is 0 Å². The second-order valence-corrected chi connectivity index (χ2v) is 6.17. The fourth-order valence-electron chi connectivity index (χ4n) is 3.08. The summed E-state index contributed by atoms with van der Waals surface area (Å²) >= 11 is 0. The summed E-state index contributed by atoms with van der Waals surface area (Å²) in [5.74, 6) is -1.80. The van der Waals surface area contributed by atoms with E-state index in [4.69, 9.17) is 0 Å². The summed E-state index contributed by atoms with van der Waals surface area (Å²) in [6.45, 7) is 2.39. The third-order valence-electron chi connectivity index (χ3n) is 4.31. The van der Waals surface area contributed by atoms with E-state index in [1.807, 2.05) is 18.2 Å². The first-order valence-corrected chi connectivity index (χ1v) is 8.14. The van der Waals surface area contributed by atoms with Gasteiger partial charge in [0, 0.05) is 19.2 Å². The molecular weight excluding hydrogens is 310 g/mol. The quantitative estimate of drug-likeness (QED) is 0.924. The van der Waals surface area contributed by atoms with Gasteiger partial charge < -0.3 is 5.32 Å². The van der Waals surface area contributed by atoms with E-state index < -0.39 is 11.6 Å². The first-order valence-electron chi connectivity index (χ1n) is 8.14. The lowest BCUT2D eigenvalue weighted by Crippen LogP contribution is -2.40. The maximum atomic E-state index is 13.7. The largest absolute Gasteiger partial charge is 0.323 e. The van der Waals surface area contributed by atoms with Crippen molar-refractivity contribution in [2.24, 2.45) is 5.92 Å². The number of benzene rings is 2. The molecule has 2 aromatic carbocycles. The molecule has 0 bridgehead atoms. The molecule has 0 saturated carbocycles. The number of nitrogens with one attached hydrogen (secondary N) is 1. The predicted molar refractivity (Wildman–Crippen MR) is 89.4 cm³/mol. The lowest BCUT2D eigenvalue weighted by Gasteiger charge is -2.32. The average molecular weight is 330 g/mol. The topological polar surface area (TPSA) is 32.3 Å². The van der Waals surface area contributed by atoms with E-state index in [2.05, 4.69) is 22.3 Å². The van der Waals surface area contributed by atoms with Crippen LogP contribution in [-0.2, 0) is 11.3 Å². The van der Waals surface area contributed by atoms with Crippen LogP contribution in [0.4, 0.5) is 14.5 Å². The molecule has 1 atom stereocenters. The second kappa shape index (κ2) is 7.53. The normalized spacial score (nSPS) is 18.3. The standard InChI is InChI=1S/C19H20F2N2O/c20-16-8-9-18(17(21)11-16)22-19(24)15-7-4-10-23(13-15)12-14-5-2-1-3-6-14/h1-3,5-6,8-9,11,15H,4,7,10,12-13H2,(H,22,24). The summed E-state index contributed by atoms with van der Waals surface area (Å²) in [5.41, 5.74) is 1.24. The summed E-state index contributed by atoms with van der Waals surface area (Å²) in [7, 11) is 0. The van der Waals surface area contributed by atoms with Gasteiger partial charge in [0.2, 0.25) is 5.91 Å². The molecule has 1 saturated heterocycles. The summed E-state index contributed by atoms with van der Waals surface area (Å²) in [6.07, 6.45) is 1.71. The molecule has 1 unspecified atom stereocenters. The number of carbonyl (C=O) groups is 1. The highest BCUT2D eigenvalue weighted by Crippen LogP contribution is 2.22. The minimum atomic E-state index is -0.750. The van der Waals surface area contributed by atoms with E-state index in [9.17, 15) is 13.6 Å². The molecule has 126 valence electrons. The van der Waals surface area contributed by atoms with Crippen LogP contribution in [0.15, 0.2) is 48.5 Å². The molecule has 3 rings (SSSR count). The van der Waals surface area contributed by atoms with E-state index in [1.54, 1.807) is 0 Å². The van der Waals surface area contributed by atoms with Gasteiger partial charge in [0.1, 0.15) is 11.6 Å². The zero-order valence-electron chi connectivity index (χ0n) is 13.3. The summed E-state index contributed by atoms with van der Waals surface area (Å²) in [4.78, 5) is 14.6.